The number of halogens is 2. The number of carbonyl (C=O) groups is 2. The van der Waals surface area contributed by atoms with Crippen LogP contribution in [0, 0.1) is 0 Å². The van der Waals surface area contributed by atoms with E-state index >= 15 is 0 Å². The summed E-state index contributed by atoms with van der Waals surface area (Å²) in [4.78, 5) is 28.2. The SMILES string of the molecule is CCCCOc1ccc(C(O)=C2C(=O)C(=O)N(c3nnc(SCc4ccccc4Cl)s3)[C@H]2c2ccc(Cl)cc2)cc1. The summed E-state index contributed by atoms with van der Waals surface area (Å²) < 4.78 is 6.32. The van der Waals surface area contributed by atoms with Crippen molar-refractivity contribution in [3.8, 4) is 5.75 Å². The van der Waals surface area contributed by atoms with Crippen LogP contribution in [0.3, 0.4) is 0 Å². The Kier molecular flexibility index (Phi) is 9.29. The van der Waals surface area contributed by atoms with Crippen molar-refractivity contribution in [1.29, 1.82) is 0 Å². The Balaban J connectivity index is 1.49. The van der Waals surface area contributed by atoms with Crippen LogP contribution in [-0.2, 0) is 15.3 Å². The van der Waals surface area contributed by atoms with Gasteiger partial charge in [-0.15, -0.1) is 10.2 Å². The molecular formula is C30H25Cl2N3O4S2. The van der Waals surface area contributed by atoms with Crippen molar-refractivity contribution in [3.05, 3.63) is 105 Å². The Hall–Kier alpha value is -3.37. The molecule has 1 amide bonds. The third-order valence-corrected chi connectivity index (χ3v) is 9.16. The van der Waals surface area contributed by atoms with E-state index in [0.717, 1.165) is 18.4 Å². The molecule has 1 aromatic heterocycles. The molecule has 4 aromatic rings. The van der Waals surface area contributed by atoms with Crippen LogP contribution >= 0.6 is 46.3 Å². The number of hydrogen-bond acceptors (Lipinski definition) is 8. The summed E-state index contributed by atoms with van der Waals surface area (Å²) >= 11 is 15.0. The third-order valence-electron chi connectivity index (χ3n) is 6.44. The lowest BCUT2D eigenvalue weighted by Gasteiger charge is -2.22. The fourth-order valence-electron chi connectivity index (χ4n) is 4.30. The van der Waals surface area contributed by atoms with E-state index in [4.69, 9.17) is 27.9 Å². The van der Waals surface area contributed by atoms with E-state index in [1.807, 2.05) is 24.3 Å². The number of benzene rings is 3. The lowest BCUT2D eigenvalue weighted by atomic mass is 9.95. The maximum absolute atomic E-state index is 13.4. The summed E-state index contributed by atoms with van der Waals surface area (Å²) in [6.07, 6.45) is 1.94. The molecule has 1 atom stereocenters. The summed E-state index contributed by atoms with van der Waals surface area (Å²) in [5.74, 6) is -0.688. The van der Waals surface area contributed by atoms with Crippen LogP contribution in [0.2, 0.25) is 10.0 Å². The van der Waals surface area contributed by atoms with Gasteiger partial charge in [-0.25, -0.2) is 0 Å². The summed E-state index contributed by atoms with van der Waals surface area (Å²) in [6, 6.07) is 20.2. The number of nitrogens with zero attached hydrogens (tertiary/aromatic N) is 3. The van der Waals surface area contributed by atoms with Crippen LogP contribution in [0.25, 0.3) is 5.76 Å². The van der Waals surface area contributed by atoms with Gasteiger partial charge < -0.3 is 9.84 Å². The van der Waals surface area contributed by atoms with Crippen LogP contribution in [0.4, 0.5) is 5.13 Å². The molecule has 1 fully saturated rings. The van der Waals surface area contributed by atoms with E-state index in [0.29, 0.717) is 43.6 Å². The van der Waals surface area contributed by atoms with Gasteiger partial charge >= 0.3 is 5.91 Å². The zero-order valence-electron chi connectivity index (χ0n) is 21.9. The molecule has 5 rings (SSSR count). The van der Waals surface area contributed by atoms with Gasteiger partial charge in [-0.3, -0.25) is 14.5 Å². The van der Waals surface area contributed by atoms with Gasteiger partial charge in [0.05, 0.1) is 18.2 Å². The maximum Gasteiger partial charge on any atom is 0.301 e. The molecule has 7 nitrogen and oxygen atoms in total. The molecular weight excluding hydrogens is 601 g/mol. The molecule has 1 N–H and O–H groups in total. The number of ketones is 1. The Morgan fingerprint density at radius 1 is 1.02 bits per heavy atom. The van der Waals surface area contributed by atoms with Crippen molar-refractivity contribution in [2.24, 2.45) is 0 Å². The number of Topliss-reactive ketones (excluding diaryl/α,β-unsaturated/α-hetero) is 1. The van der Waals surface area contributed by atoms with Gasteiger partial charge in [-0.2, -0.15) is 0 Å². The molecule has 0 spiro atoms. The molecule has 0 bridgehead atoms. The standard InChI is InChI=1S/C30H25Cl2N3O4S2/c1-2-3-16-39-22-14-10-19(11-15-22)26(36)24-25(18-8-12-21(31)13-9-18)35(28(38)27(24)37)29-33-34-30(41-29)40-17-20-6-4-5-7-23(20)32/h4-15,25,36H,2-3,16-17H2,1H3/t25-/m0/s1. The number of amides is 1. The van der Waals surface area contributed by atoms with Crippen molar-refractivity contribution < 1.29 is 19.4 Å². The minimum Gasteiger partial charge on any atom is -0.507 e. The summed E-state index contributed by atoms with van der Waals surface area (Å²) in [5.41, 5.74) is 1.88. The van der Waals surface area contributed by atoms with E-state index in [1.54, 1.807) is 48.5 Å². The molecule has 1 aliphatic heterocycles. The Labute approximate surface area is 255 Å². The molecule has 1 aliphatic rings. The van der Waals surface area contributed by atoms with Crippen molar-refractivity contribution in [1.82, 2.24) is 10.2 Å². The van der Waals surface area contributed by atoms with Crippen molar-refractivity contribution in [3.63, 3.8) is 0 Å². The number of aromatic nitrogens is 2. The Morgan fingerprint density at radius 2 is 1.76 bits per heavy atom. The Morgan fingerprint density at radius 3 is 2.46 bits per heavy atom. The average molecular weight is 627 g/mol. The number of aliphatic hydroxyl groups excluding tert-OH is 1. The lowest BCUT2D eigenvalue weighted by Crippen LogP contribution is -2.29. The molecule has 0 aliphatic carbocycles. The van der Waals surface area contributed by atoms with Gasteiger partial charge in [-0.1, -0.05) is 90.0 Å². The van der Waals surface area contributed by atoms with Crippen LogP contribution in [0.5, 0.6) is 5.75 Å². The third kappa shape index (κ3) is 6.43. The number of anilines is 1. The molecule has 0 unspecified atom stereocenters. The van der Waals surface area contributed by atoms with Gasteiger partial charge in [0.2, 0.25) is 5.13 Å². The Bertz CT molecular complexity index is 1590. The highest BCUT2D eigenvalue weighted by molar-refractivity contribution is 8.00. The second kappa shape index (κ2) is 13.1. The summed E-state index contributed by atoms with van der Waals surface area (Å²) in [6.45, 7) is 2.67. The van der Waals surface area contributed by atoms with Gasteiger partial charge in [0.25, 0.3) is 5.78 Å². The molecule has 11 heteroatoms. The van der Waals surface area contributed by atoms with Crippen molar-refractivity contribution in [2.75, 3.05) is 11.5 Å². The number of aliphatic hydroxyl groups is 1. The minimum atomic E-state index is -0.929. The zero-order valence-corrected chi connectivity index (χ0v) is 25.1. The molecule has 210 valence electrons. The van der Waals surface area contributed by atoms with Gasteiger partial charge in [0, 0.05) is 21.4 Å². The second-order valence-corrected chi connectivity index (χ2v) is 12.2. The van der Waals surface area contributed by atoms with E-state index in [9.17, 15) is 14.7 Å². The largest absolute Gasteiger partial charge is 0.507 e. The first-order valence-corrected chi connectivity index (χ1v) is 15.4. The number of thioether (sulfide) groups is 1. The molecule has 0 radical (unpaired) electrons. The first-order valence-electron chi connectivity index (χ1n) is 12.9. The van der Waals surface area contributed by atoms with E-state index < -0.39 is 17.7 Å². The highest BCUT2D eigenvalue weighted by atomic mass is 35.5. The monoisotopic (exact) mass is 625 g/mol. The fraction of sp³-hybridized carbons (Fsp3) is 0.200. The van der Waals surface area contributed by atoms with Crippen LogP contribution in [-0.4, -0.2) is 33.6 Å². The zero-order chi connectivity index (χ0) is 28.9. The molecule has 1 saturated heterocycles. The number of unbranched alkanes of at least 4 members (excludes halogenated alkanes) is 1. The number of rotatable bonds is 10. The molecule has 3 aromatic carbocycles. The van der Waals surface area contributed by atoms with Gasteiger partial charge in [0.15, 0.2) is 4.34 Å². The first kappa shape index (κ1) is 29.1. The summed E-state index contributed by atoms with van der Waals surface area (Å²) in [7, 11) is 0. The fourth-order valence-corrected chi connectivity index (χ4v) is 6.58. The highest BCUT2D eigenvalue weighted by Crippen LogP contribution is 2.44. The lowest BCUT2D eigenvalue weighted by molar-refractivity contribution is -0.132. The average Bonchev–Trinajstić information content (AvgIpc) is 3.55. The smallest absolute Gasteiger partial charge is 0.301 e. The predicted molar refractivity (Wildman–Crippen MR) is 164 cm³/mol. The quantitative estimate of drug-likeness (QED) is 0.0477. The van der Waals surface area contributed by atoms with Crippen molar-refractivity contribution in [2.45, 2.75) is 35.9 Å². The van der Waals surface area contributed by atoms with E-state index in [2.05, 4.69) is 17.1 Å². The second-order valence-electron chi connectivity index (χ2n) is 9.18. The van der Waals surface area contributed by atoms with E-state index in [1.165, 1.54) is 28.0 Å². The normalized spacial score (nSPS) is 16.4. The van der Waals surface area contributed by atoms with Crippen LogP contribution < -0.4 is 9.64 Å². The molecule has 41 heavy (non-hydrogen) atoms. The van der Waals surface area contributed by atoms with Crippen LogP contribution in [0.1, 0.15) is 42.5 Å². The van der Waals surface area contributed by atoms with Crippen molar-refractivity contribution >= 4 is 68.9 Å². The summed E-state index contributed by atoms with van der Waals surface area (Å²) in [5, 5.41) is 21.3. The predicted octanol–water partition coefficient (Wildman–Crippen LogP) is 7.94. The van der Waals surface area contributed by atoms with Gasteiger partial charge in [-0.05, 0) is 60.0 Å². The minimum absolute atomic E-state index is 0.0440. The molecule has 2 heterocycles. The van der Waals surface area contributed by atoms with Crippen LogP contribution in [0.15, 0.2) is 82.7 Å². The molecule has 0 saturated carbocycles. The van der Waals surface area contributed by atoms with E-state index in [-0.39, 0.29) is 16.5 Å². The topological polar surface area (TPSA) is 92.6 Å². The maximum atomic E-state index is 13.4. The number of carbonyl (C=O) groups excluding carboxylic acids is 2. The highest BCUT2D eigenvalue weighted by Gasteiger charge is 2.48. The number of ether oxygens (including phenoxy) is 1. The first-order chi connectivity index (χ1) is 19.9. The number of hydrogen-bond donors (Lipinski definition) is 1. The van der Waals surface area contributed by atoms with Gasteiger partial charge in [0.1, 0.15) is 11.5 Å².